The molecule has 7 heteroatoms. The van der Waals surface area contributed by atoms with E-state index in [9.17, 15) is 10.2 Å². The van der Waals surface area contributed by atoms with Crippen LogP contribution in [0.25, 0.3) is 0 Å². The zero-order valence-electron chi connectivity index (χ0n) is 11.0. The summed E-state index contributed by atoms with van der Waals surface area (Å²) in [6.07, 6.45) is 0.625. The average Bonchev–Trinajstić information content (AvgIpc) is 2.40. The summed E-state index contributed by atoms with van der Waals surface area (Å²) in [6.45, 7) is 4.06. The Kier molecular flexibility index (Phi) is 5.44. The van der Waals surface area contributed by atoms with Crippen molar-refractivity contribution in [3.8, 4) is 12.1 Å². The molecule has 0 aromatic carbocycles. The summed E-state index contributed by atoms with van der Waals surface area (Å²) in [4.78, 5) is 0. The molecule has 5 nitrogen and oxygen atoms in total. The first-order chi connectivity index (χ1) is 9.29. The van der Waals surface area contributed by atoms with E-state index in [1.807, 2.05) is 13.8 Å². The Morgan fingerprint density at radius 3 is 2.45 bits per heavy atom. The summed E-state index contributed by atoms with van der Waals surface area (Å²) in [6, 6.07) is 3.29. The van der Waals surface area contributed by atoms with E-state index < -0.39 is 28.1 Å². The Labute approximate surface area is 127 Å². The molecule has 0 amide bonds. The smallest absolute Gasteiger partial charge is 0.226 e. The molecule has 1 aliphatic rings. The van der Waals surface area contributed by atoms with E-state index in [-0.39, 0.29) is 11.6 Å². The molecule has 0 saturated heterocycles. The maximum Gasteiger partial charge on any atom is 0.226 e. The van der Waals surface area contributed by atoms with Gasteiger partial charge in [0.1, 0.15) is 28.7 Å². The number of alkyl halides is 1. The first-order valence-electron chi connectivity index (χ1n) is 5.93. The molecular formula is C13H14Cl2N2O3. The van der Waals surface area contributed by atoms with Crippen LogP contribution in [-0.2, 0) is 4.74 Å². The third kappa shape index (κ3) is 2.92. The largest absolute Gasteiger partial charge is 0.505 e. The number of rotatable bonds is 4. The number of nitriles is 2. The molecule has 0 radical (unpaired) electrons. The van der Waals surface area contributed by atoms with Crippen LogP contribution in [-0.4, -0.2) is 28.0 Å². The highest BCUT2D eigenvalue weighted by Gasteiger charge is 2.49. The van der Waals surface area contributed by atoms with Crippen LogP contribution < -0.4 is 0 Å². The number of aliphatic hydroxyl groups excluding tert-OH is 1. The second-order valence-corrected chi connectivity index (χ2v) is 5.60. The SMILES string of the molecule is CC(C)CCOC1(O)C(C#N)=C(C#N)C(O)=C(Cl)C1Cl. The second kappa shape index (κ2) is 6.47. The summed E-state index contributed by atoms with van der Waals surface area (Å²) in [7, 11) is 0. The molecule has 0 saturated carbocycles. The van der Waals surface area contributed by atoms with Gasteiger partial charge in [-0.2, -0.15) is 10.5 Å². The van der Waals surface area contributed by atoms with Gasteiger partial charge in [0.2, 0.25) is 5.79 Å². The molecule has 108 valence electrons. The number of nitrogens with zero attached hydrogens (tertiary/aromatic N) is 2. The lowest BCUT2D eigenvalue weighted by atomic mass is 9.91. The normalized spacial score (nSPS) is 26.7. The van der Waals surface area contributed by atoms with Gasteiger partial charge >= 0.3 is 0 Å². The molecule has 1 aliphatic carbocycles. The van der Waals surface area contributed by atoms with Gasteiger partial charge in [-0.25, -0.2) is 0 Å². The van der Waals surface area contributed by atoms with Gasteiger partial charge in [0, 0.05) is 0 Å². The van der Waals surface area contributed by atoms with Crippen LogP contribution in [0.3, 0.4) is 0 Å². The molecule has 20 heavy (non-hydrogen) atoms. The lowest BCUT2D eigenvalue weighted by Crippen LogP contribution is -2.47. The molecule has 0 spiro atoms. The number of hydrogen-bond acceptors (Lipinski definition) is 5. The van der Waals surface area contributed by atoms with E-state index >= 15 is 0 Å². The Morgan fingerprint density at radius 1 is 1.40 bits per heavy atom. The molecule has 0 heterocycles. The summed E-state index contributed by atoms with van der Waals surface area (Å²) >= 11 is 11.8. The number of ether oxygens (including phenoxy) is 1. The lowest BCUT2D eigenvalue weighted by molar-refractivity contribution is -0.171. The van der Waals surface area contributed by atoms with E-state index in [0.717, 1.165) is 0 Å². The van der Waals surface area contributed by atoms with Crippen molar-refractivity contribution in [3.63, 3.8) is 0 Å². The van der Waals surface area contributed by atoms with Gasteiger partial charge in [-0.15, -0.1) is 11.6 Å². The minimum Gasteiger partial charge on any atom is -0.505 e. The molecule has 0 fully saturated rings. The molecular weight excluding hydrogens is 303 g/mol. The summed E-state index contributed by atoms with van der Waals surface area (Å²) in [5.41, 5.74) is -0.868. The van der Waals surface area contributed by atoms with Crippen LogP contribution in [0.4, 0.5) is 0 Å². The highest BCUT2D eigenvalue weighted by atomic mass is 35.5. The number of hydrogen-bond donors (Lipinski definition) is 2. The fourth-order valence-electron chi connectivity index (χ4n) is 1.68. The van der Waals surface area contributed by atoms with Crippen LogP contribution in [0.1, 0.15) is 20.3 Å². The van der Waals surface area contributed by atoms with Crippen LogP contribution in [0, 0.1) is 28.6 Å². The van der Waals surface area contributed by atoms with Gasteiger partial charge in [-0.3, -0.25) is 0 Å². The zero-order chi connectivity index (χ0) is 15.5. The number of allylic oxidation sites excluding steroid dienone is 1. The molecule has 0 aromatic rings. The Bertz CT molecular complexity index is 543. The van der Waals surface area contributed by atoms with Crippen molar-refractivity contribution in [1.82, 2.24) is 0 Å². The second-order valence-electron chi connectivity index (χ2n) is 4.76. The number of halogens is 2. The Hall–Kier alpha value is -1.24. The fourth-order valence-corrected chi connectivity index (χ4v) is 2.19. The van der Waals surface area contributed by atoms with E-state index in [4.69, 9.17) is 38.5 Å². The maximum absolute atomic E-state index is 10.5. The van der Waals surface area contributed by atoms with Gasteiger partial charge in [-0.05, 0) is 12.3 Å². The highest BCUT2D eigenvalue weighted by Crippen LogP contribution is 2.42. The topological polar surface area (TPSA) is 97.3 Å². The zero-order valence-corrected chi connectivity index (χ0v) is 12.5. The van der Waals surface area contributed by atoms with Gasteiger partial charge in [-0.1, -0.05) is 25.4 Å². The lowest BCUT2D eigenvalue weighted by Gasteiger charge is -2.35. The molecule has 0 aliphatic heterocycles. The quantitative estimate of drug-likeness (QED) is 0.614. The molecule has 0 aromatic heterocycles. The minimum absolute atomic E-state index is 0.131. The third-order valence-electron chi connectivity index (χ3n) is 2.88. The van der Waals surface area contributed by atoms with Crippen molar-refractivity contribution < 1.29 is 14.9 Å². The van der Waals surface area contributed by atoms with Crippen molar-refractivity contribution in [2.45, 2.75) is 31.4 Å². The molecule has 2 atom stereocenters. The van der Waals surface area contributed by atoms with Crippen molar-refractivity contribution in [3.05, 3.63) is 21.9 Å². The monoisotopic (exact) mass is 316 g/mol. The molecule has 0 bridgehead atoms. The predicted molar refractivity (Wildman–Crippen MR) is 73.8 cm³/mol. The van der Waals surface area contributed by atoms with Crippen LogP contribution >= 0.6 is 23.2 Å². The molecule has 1 rings (SSSR count). The van der Waals surface area contributed by atoms with E-state index in [0.29, 0.717) is 12.3 Å². The Morgan fingerprint density at radius 2 is 2.00 bits per heavy atom. The van der Waals surface area contributed by atoms with Gasteiger partial charge < -0.3 is 14.9 Å². The third-order valence-corrected chi connectivity index (χ3v) is 3.90. The minimum atomic E-state index is -2.22. The van der Waals surface area contributed by atoms with E-state index in [1.54, 1.807) is 12.1 Å². The fraction of sp³-hybridized carbons (Fsp3) is 0.538. The molecule has 2 N–H and O–H groups in total. The molecule has 2 unspecified atom stereocenters. The first-order valence-corrected chi connectivity index (χ1v) is 6.75. The summed E-state index contributed by atoms with van der Waals surface area (Å²) in [5.74, 6) is -2.51. The van der Waals surface area contributed by atoms with Crippen molar-refractivity contribution in [2.75, 3.05) is 6.61 Å². The predicted octanol–water partition coefficient (Wildman–Crippen LogP) is 2.71. The Balaban J connectivity index is 3.21. The standard InChI is InChI=1S/C13H14Cl2N2O3/c1-7(2)3-4-20-13(19)9(6-17)8(5-16)11(18)10(14)12(13)15/h7,12,18-19H,3-4H2,1-2H3. The van der Waals surface area contributed by atoms with E-state index in [2.05, 4.69) is 0 Å². The number of aliphatic hydroxyl groups is 2. The van der Waals surface area contributed by atoms with Gasteiger partial charge in [0.05, 0.1) is 11.6 Å². The van der Waals surface area contributed by atoms with Gasteiger partial charge in [0.15, 0.2) is 5.76 Å². The van der Waals surface area contributed by atoms with Crippen LogP contribution in [0.2, 0.25) is 0 Å². The average molecular weight is 317 g/mol. The van der Waals surface area contributed by atoms with Gasteiger partial charge in [0.25, 0.3) is 0 Å². The van der Waals surface area contributed by atoms with Crippen molar-refractivity contribution >= 4 is 23.2 Å². The first kappa shape index (κ1) is 16.8. The summed E-state index contributed by atoms with van der Waals surface area (Å²) < 4.78 is 5.31. The van der Waals surface area contributed by atoms with Crippen molar-refractivity contribution in [1.29, 1.82) is 10.5 Å². The van der Waals surface area contributed by atoms with Crippen molar-refractivity contribution in [2.24, 2.45) is 5.92 Å². The summed E-state index contributed by atoms with van der Waals surface area (Å²) in [5, 5.41) is 36.6. The van der Waals surface area contributed by atoms with E-state index in [1.165, 1.54) is 0 Å². The van der Waals surface area contributed by atoms with Crippen LogP contribution in [0.5, 0.6) is 0 Å². The highest BCUT2D eigenvalue weighted by molar-refractivity contribution is 6.38. The maximum atomic E-state index is 10.5. The van der Waals surface area contributed by atoms with Crippen LogP contribution in [0.15, 0.2) is 21.9 Å².